The lowest BCUT2D eigenvalue weighted by molar-refractivity contribution is -0.137. The molecule has 168 valence electrons. The van der Waals surface area contributed by atoms with Gasteiger partial charge >= 0.3 is 6.18 Å². The van der Waals surface area contributed by atoms with Crippen molar-refractivity contribution < 1.29 is 26.7 Å². The molecule has 1 saturated carbocycles. The van der Waals surface area contributed by atoms with Crippen LogP contribution in [0.4, 0.5) is 19.0 Å². The molecule has 1 aromatic heterocycles. The fourth-order valence-corrected chi connectivity index (χ4v) is 4.71. The van der Waals surface area contributed by atoms with Gasteiger partial charge in [0.05, 0.1) is 17.2 Å². The van der Waals surface area contributed by atoms with E-state index in [0.29, 0.717) is 29.7 Å². The van der Waals surface area contributed by atoms with Gasteiger partial charge in [0.1, 0.15) is 5.82 Å². The maximum atomic E-state index is 13.1. The number of halogens is 4. The number of carbonyl (C=O) groups is 1. The molecule has 10 heteroatoms. The number of alkyl halides is 3. The first-order valence-electron chi connectivity index (χ1n) is 9.83. The van der Waals surface area contributed by atoms with E-state index < -0.39 is 28.7 Å². The second kappa shape index (κ2) is 10.1. The number of carbonyl (C=O) groups excluding carboxylic acids is 1. The lowest BCUT2D eigenvalue weighted by Gasteiger charge is -2.21. The minimum Gasteiger partial charge on any atom is -0.310 e. The highest BCUT2D eigenvalue weighted by Crippen LogP contribution is 2.36. The van der Waals surface area contributed by atoms with Crippen molar-refractivity contribution in [1.29, 1.82) is 0 Å². The van der Waals surface area contributed by atoms with Crippen LogP contribution < -0.4 is 5.32 Å². The Labute approximate surface area is 185 Å². The second-order valence-corrected chi connectivity index (χ2v) is 9.01. The van der Waals surface area contributed by atoms with Gasteiger partial charge in [-0.15, -0.1) is 0 Å². The average Bonchev–Trinajstić information content (AvgIpc) is 3.20. The Morgan fingerprint density at radius 2 is 1.97 bits per heavy atom. The fraction of sp³-hybridized carbons (Fsp3) is 0.429. The van der Waals surface area contributed by atoms with Gasteiger partial charge in [-0.05, 0) is 41.7 Å². The van der Waals surface area contributed by atoms with Crippen molar-refractivity contribution >= 4 is 34.4 Å². The molecule has 0 aliphatic heterocycles. The number of anilines is 1. The van der Waals surface area contributed by atoms with Gasteiger partial charge in [-0.25, -0.2) is 9.19 Å². The molecular formula is C21H22ClF3N2O3S. The number of hydrogen-bond acceptors (Lipinski definition) is 3. The third kappa shape index (κ3) is 6.51. The topological polar surface area (TPSA) is 79.3 Å². The minimum absolute atomic E-state index is 0.0350. The normalized spacial score (nSPS) is 16.8. The number of aromatic nitrogens is 1. The molecule has 1 aliphatic rings. The maximum Gasteiger partial charge on any atom is 0.417 e. The Hall–Kier alpha value is -1.97. The van der Waals surface area contributed by atoms with Crippen molar-refractivity contribution in [3.05, 3.63) is 58.2 Å². The Kier molecular flexibility index (Phi) is 7.72. The van der Waals surface area contributed by atoms with E-state index in [2.05, 4.69) is 10.3 Å². The van der Waals surface area contributed by atoms with E-state index in [9.17, 15) is 22.2 Å². The molecule has 0 spiro atoms. The highest BCUT2D eigenvalue weighted by atomic mass is 35.5. The van der Waals surface area contributed by atoms with Crippen LogP contribution in [0.3, 0.4) is 0 Å². The zero-order chi connectivity index (χ0) is 22.6. The summed E-state index contributed by atoms with van der Waals surface area (Å²) in [6, 6.07) is 6.93. The third-order valence-corrected chi connectivity index (χ3v) is 6.37. The lowest BCUT2D eigenvalue weighted by atomic mass is 9.87. The van der Waals surface area contributed by atoms with Crippen molar-refractivity contribution in [2.75, 3.05) is 5.32 Å². The Bertz CT molecular complexity index is 948. The quantitative estimate of drug-likeness (QED) is 0.499. The number of benzene rings is 1. The summed E-state index contributed by atoms with van der Waals surface area (Å²) in [6.45, 7) is 0. The van der Waals surface area contributed by atoms with Crippen molar-refractivity contribution in [1.82, 2.24) is 4.98 Å². The highest BCUT2D eigenvalue weighted by molar-refractivity contribution is 7.78. The highest BCUT2D eigenvalue weighted by Gasteiger charge is 2.31. The van der Waals surface area contributed by atoms with Crippen molar-refractivity contribution in [2.45, 2.75) is 50.0 Å². The molecule has 2 atom stereocenters. The van der Waals surface area contributed by atoms with Crippen LogP contribution in [-0.4, -0.2) is 19.7 Å². The summed E-state index contributed by atoms with van der Waals surface area (Å²) < 4.78 is 58.4. The van der Waals surface area contributed by atoms with Gasteiger partial charge in [-0.3, -0.25) is 4.79 Å². The molecule has 2 aromatic rings. The van der Waals surface area contributed by atoms with E-state index in [1.54, 1.807) is 18.2 Å². The number of nitrogens with one attached hydrogen (secondary N) is 1. The molecule has 1 fully saturated rings. The Balaban J connectivity index is 1.82. The summed E-state index contributed by atoms with van der Waals surface area (Å²) in [7, 11) is 0. The molecule has 1 aliphatic carbocycles. The molecular weight excluding hydrogens is 453 g/mol. The van der Waals surface area contributed by atoms with Crippen molar-refractivity contribution in [3.63, 3.8) is 0 Å². The van der Waals surface area contributed by atoms with Crippen LogP contribution in [-0.2, 0) is 27.8 Å². The Morgan fingerprint density at radius 1 is 1.26 bits per heavy atom. The summed E-state index contributed by atoms with van der Waals surface area (Å²) in [4.78, 5) is 16.8. The van der Waals surface area contributed by atoms with E-state index >= 15 is 0 Å². The second-order valence-electron chi connectivity index (χ2n) is 7.67. The van der Waals surface area contributed by atoms with E-state index in [4.69, 9.17) is 16.2 Å². The third-order valence-electron chi connectivity index (χ3n) is 5.46. The van der Waals surface area contributed by atoms with Gasteiger partial charge in [0, 0.05) is 11.2 Å². The summed E-state index contributed by atoms with van der Waals surface area (Å²) in [5.41, 5.74) is 0.251. The van der Waals surface area contributed by atoms with Crippen molar-refractivity contribution in [2.24, 2.45) is 5.92 Å². The van der Waals surface area contributed by atoms with E-state index in [1.165, 1.54) is 0 Å². The van der Waals surface area contributed by atoms with Gasteiger partial charge in [0.15, 0.2) is 11.1 Å². The zero-order valence-corrected chi connectivity index (χ0v) is 18.1. The maximum absolute atomic E-state index is 13.1. The molecule has 1 aromatic carbocycles. The summed E-state index contributed by atoms with van der Waals surface area (Å²) in [6.07, 6.45) is 0.978. The summed E-state index contributed by atoms with van der Waals surface area (Å²) >= 11 is 4.22. The van der Waals surface area contributed by atoms with Gasteiger partial charge < -0.3 is 9.87 Å². The van der Waals surface area contributed by atoms with E-state index in [-0.39, 0.29) is 22.5 Å². The number of hydrogen-bond donors (Lipinski definition) is 2. The molecule has 3 rings (SSSR count). The molecule has 31 heavy (non-hydrogen) atoms. The molecule has 1 amide bonds. The minimum atomic E-state index is -4.50. The monoisotopic (exact) mass is 474 g/mol. The van der Waals surface area contributed by atoms with Crippen LogP contribution >= 0.6 is 11.6 Å². The average molecular weight is 475 g/mol. The molecule has 2 unspecified atom stereocenters. The SMILES string of the molecule is O=C(Nc1ccc(C(F)(F)F)cn1)C(CC1CCCC1)c1ccc(CS(=O)O)c(Cl)c1. The molecule has 1 heterocycles. The predicted octanol–water partition coefficient (Wildman–Crippen LogP) is 5.78. The number of rotatable bonds is 7. The lowest BCUT2D eigenvalue weighted by Crippen LogP contribution is -2.24. The molecule has 0 radical (unpaired) electrons. The van der Waals surface area contributed by atoms with E-state index in [0.717, 1.165) is 37.8 Å². The summed E-state index contributed by atoms with van der Waals surface area (Å²) in [5.74, 6) is -0.673. The van der Waals surface area contributed by atoms with Gasteiger partial charge in [0.2, 0.25) is 5.91 Å². The molecule has 5 nitrogen and oxygen atoms in total. The van der Waals surface area contributed by atoms with Crippen LogP contribution in [0.5, 0.6) is 0 Å². The smallest absolute Gasteiger partial charge is 0.310 e. The van der Waals surface area contributed by atoms with Crippen LogP contribution in [0.2, 0.25) is 5.02 Å². The first kappa shape index (κ1) is 23.7. The summed E-state index contributed by atoms with van der Waals surface area (Å²) in [5, 5.41) is 2.90. The van der Waals surface area contributed by atoms with Crippen LogP contribution in [0.1, 0.15) is 54.7 Å². The molecule has 0 saturated heterocycles. The van der Waals surface area contributed by atoms with Gasteiger partial charge in [-0.1, -0.05) is 49.4 Å². The predicted molar refractivity (Wildman–Crippen MR) is 113 cm³/mol. The molecule has 2 N–H and O–H groups in total. The van der Waals surface area contributed by atoms with Gasteiger partial charge in [-0.2, -0.15) is 13.2 Å². The zero-order valence-electron chi connectivity index (χ0n) is 16.5. The fourth-order valence-electron chi connectivity index (χ4n) is 3.85. The Morgan fingerprint density at radius 3 is 2.52 bits per heavy atom. The van der Waals surface area contributed by atoms with Crippen LogP contribution in [0.15, 0.2) is 36.5 Å². The molecule has 0 bridgehead atoms. The van der Waals surface area contributed by atoms with E-state index in [1.807, 2.05) is 0 Å². The first-order chi connectivity index (χ1) is 14.6. The van der Waals surface area contributed by atoms with Crippen LogP contribution in [0.25, 0.3) is 0 Å². The standard InChI is InChI=1S/C21H22ClF3N2O3S/c22-18-10-14(5-6-15(18)12-31(29)30)17(9-13-3-1-2-4-13)20(28)27-19-8-7-16(11-26-19)21(23,24)25/h5-8,10-11,13,17H,1-4,9,12H2,(H,29,30)(H,26,27,28). The van der Waals surface area contributed by atoms with Crippen LogP contribution in [0, 0.1) is 5.92 Å². The number of pyridine rings is 1. The number of nitrogens with zero attached hydrogens (tertiary/aromatic N) is 1. The van der Waals surface area contributed by atoms with Gasteiger partial charge in [0.25, 0.3) is 0 Å². The largest absolute Gasteiger partial charge is 0.417 e. The number of amides is 1. The van der Waals surface area contributed by atoms with Crippen molar-refractivity contribution in [3.8, 4) is 0 Å². The first-order valence-corrected chi connectivity index (χ1v) is 11.5.